The number of ether oxygens (including phenoxy) is 5. The maximum atomic E-state index is 11.9. The number of amides is 1. The van der Waals surface area contributed by atoms with E-state index in [1.54, 1.807) is 6.92 Å². The van der Waals surface area contributed by atoms with E-state index in [-0.39, 0.29) is 13.0 Å². The van der Waals surface area contributed by atoms with Crippen LogP contribution in [-0.4, -0.2) is 67.0 Å². The average Bonchev–Trinajstić information content (AvgIpc) is 2.56. The Hall–Kier alpha value is -2.69. The van der Waals surface area contributed by atoms with Crippen LogP contribution in [-0.2, 0) is 47.7 Å². The van der Waals surface area contributed by atoms with E-state index in [4.69, 9.17) is 23.7 Å². The van der Waals surface area contributed by atoms with Crippen LogP contribution in [0.5, 0.6) is 0 Å². The molecule has 0 aliphatic carbocycles. The van der Waals surface area contributed by atoms with Crippen LogP contribution >= 0.6 is 0 Å². The van der Waals surface area contributed by atoms with Gasteiger partial charge in [-0.25, -0.2) is 0 Å². The molecule has 1 N–H and O–H groups in total. The smallest absolute Gasteiger partial charge is 0.305 e. The van der Waals surface area contributed by atoms with E-state index < -0.39 is 60.4 Å². The molecule has 158 valence electrons. The van der Waals surface area contributed by atoms with Crippen molar-refractivity contribution in [1.82, 2.24) is 5.32 Å². The van der Waals surface area contributed by atoms with Crippen LogP contribution < -0.4 is 5.32 Å². The molecule has 1 heterocycles. The zero-order chi connectivity index (χ0) is 21.4. The standard InChI is InChI=1S/C17H25NO10/c1-6-13(23)18-14-16(26-10(4)21)15(25-9(3)20)12(7-24-8(2)19)28-17(14)27-11(5)22/h12,14-17H,6-7H2,1-5H3,(H,18,23)/t12-,14+,15+,16+,17-/m0/s1. The van der Waals surface area contributed by atoms with Crippen molar-refractivity contribution in [2.45, 2.75) is 71.7 Å². The lowest BCUT2D eigenvalue weighted by molar-refractivity contribution is -0.271. The Morgan fingerprint density at radius 3 is 1.82 bits per heavy atom. The van der Waals surface area contributed by atoms with Crippen molar-refractivity contribution in [1.29, 1.82) is 0 Å². The van der Waals surface area contributed by atoms with E-state index in [9.17, 15) is 24.0 Å². The van der Waals surface area contributed by atoms with Gasteiger partial charge in [-0.05, 0) is 0 Å². The Labute approximate surface area is 161 Å². The van der Waals surface area contributed by atoms with Crippen molar-refractivity contribution in [3.05, 3.63) is 0 Å². The van der Waals surface area contributed by atoms with Crippen LogP contribution in [0.2, 0.25) is 0 Å². The predicted molar refractivity (Wildman–Crippen MR) is 90.4 cm³/mol. The van der Waals surface area contributed by atoms with Gasteiger partial charge in [-0.1, -0.05) is 6.92 Å². The van der Waals surface area contributed by atoms with Crippen LogP contribution in [0, 0.1) is 0 Å². The zero-order valence-corrected chi connectivity index (χ0v) is 16.4. The summed E-state index contributed by atoms with van der Waals surface area (Å²) < 4.78 is 26.1. The molecular weight excluding hydrogens is 378 g/mol. The molecule has 5 atom stereocenters. The van der Waals surface area contributed by atoms with Gasteiger partial charge >= 0.3 is 23.9 Å². The van der Waals surface area contributed by atoms with Gasteiger partial charge in [0.1, 0.15) is 18.8 Å². The maximum Gasteiger partial charge on any atom is 0.305 e. The van der Waals surface area contributed by atoms with Crippen molar-refractivity contribution < 1.29 is 47.7 Å². The molecule has 0 aromatic carbocycles. The van der Waals surface area contributed by atoms with Gasteiger partial charge in [-0.3, -0.25) is 24.0 Å². The second-order valence-electron chi connectivity index (χ2n) is 6.05. The average molecular weight is 403 g/mol. The van der Waals surface area contributed by atoms with E-state index in [0.717, 1.165) is 20.8 Å². The molecule has 1 saturated heterocycles. The molecule has 28 heavy (non-hydrogen) atoms. The summed E-state index contributed by atoms with van der Waals surface area (Å²) in [5, 5.41) is 2.55. The first-order valence-electron chi connectivity index (χ1n) is 8.65. The second kappa shape index (κ2) is 10.6. The van der Waals surface area contributed by atoms with Crippen LogP contribution in [0.15, 0.2) is 0 Å². The van der Waals surface area contributed by atoms with Crippen molar-refractivity contribution >= 4 is 29.8 Å². The highest BCUT2D eigenvalue weighted by Gasteiger charge is 2.52. The predicted octanol–water partition coefficient (Wildman–Crippen LogP) is -0.404. The van der Waals surface area contributed by atoms with Gasteiger partial charge in [-0.2, -0.15) is 0 Å². The highest BCUT2D eigenvalue weighted by Crippen LogP contribution is 2.28. The molecule has 0 aromatic rings. The molecule has 1 aliphatic heterocycles. The van der Waals surface area contributed by atoms with Gasteiger partial charge in [-0.15, -0.1) is 0 Å². The van der Waals surface area contributed by atoms with E-state index >= 15 is 0 Å². The van der Waals surface area contributed by atoms with Crippen molar-refractivity contribution in [2.24, 2.45) is 0 Å². The SMILES string of the molecule is CCC(=O)N[C@H]1[C@@H](OC(C)=O)O[C@@H](COC(C)=O)[C@@H](OC(C)=O)[C@@H]1OC(C)=O. The molecule has 1 aliphatic rings. The van der Waals surface area contributed by atoms with Crippen molar-refractivity contribution in [3.63, 3.8) is 0 Å². The van der Waals surface area contributed by atoms with Crippen LogP contribution in [0.3, 0.4) is 0 Å². The number of rotatable bonds is 7. The number of nitrogens with one attached hydrogen (secondary N) is 1. The summed E-state index contributed by atoms with van der Waals surface area (Å²) in [5.41, 5.74) is 0. The molecule has 0 radical (unpaired) electrons. The van der Waals surface area contributed by atoms with E-state index in [1.807, 2.05) is 0 Å². The minimum Gasteiger partial charge on any atom is -0.463 e. The Bertz CT molecular complexity index is 619. The summed E-state index contributed by atoms with van der Waals surface area (Å²) in [4.78, 5) is 57.8. The van der Waals surface area contributed by atoms with E-state index in [2.05, 4.69) is 5.32 Å². The summed E-state index contributed by atoms with van der Waals surface area (Å²) >= 11 is 0. The summed E-state index contributed by atoms with van der Waals surface area (Å²) in [7, 11) is 0. The van der Waals surface area contributed by atoms with E-state index in [0.29, 0.717) is 0 Å². The fraction of sp³-hybridized carbons (Fsp3) is 0.706. The Morgan fingerprint density at radius 2 is 1.36 bits per heavy atom. The largest absolute Gasteiger partial charge is 0.463 e. The molecule has 0 spiro atoms. The molecule has 0 saturated carbocycles. The quantitative estimate of drug-likeness (QED) is 0.440. The number of carbonyl (C=O) groups excluding carboxylic acids is 5. The number of hydrogen-bond donors (Lipinski definition) is 1. The van der Waals surface area contributed by atoms with E-state index in [1.165, 1.54) is 6.92 Å². The first kappa shape index (κ1) is 23.3. The lowest BCUT2D eigenvalue weighted by Gasteiger charge is -2.44. The molecule has 11 nitrogen and oxygen atoms in total. The lowest BCUT2D eigenvalue weighted by atomic mass is 9.96. The fourth-order valence-electron chi connectivity index (χ4n) is 2.61. The van der Waals surface area contributed by atoms with Crippen LogP contribution in [0.25, 0.3) is 0 Å². The molecular formula is C17H25NO10. The van der Waals surface area contributed by atoms with Gasteiger partial charge in [0, 0.05) is 34.1 Å². The van der Waals surface area contributed by atoms with Gasteiger partial charge in [0.2, 0.25) is 12.2 Å². The Balaban J connectivity index is 3.31. The summed E-state index contributed by atoms with van der Waals surface area (Å²) in [6.45, 7) is 5.78. The third-order valence-electron chi connectivity index (χ3n) is 3.63. The number of hydrogen-bond acceptors (Lipinski definition) is 10. The third-order valence-corrected chi connectivity index (χ3v) is 3.63. The Morgan fingerprint density at radius 1 is 0.821 bits per heavy atom. The van der Waals surface area contributed by atoms with Gasteiger partial charge in [0.25, 0.3) is 0 Å². The molecule has 1 fully saturated rings. The minimum absolute atomic E-state index is 0.0885. The molecule has 1 rings (SSSR count). The highest BCUT2D eigenvalue weighted by molar-refractivity contribution is 5.76. The molecule has 0 unspecified atom stereocenters. The molecule has 11 heteroatoms. The molecule has 0 aromatic heterocycles. The zero-order valence-electron chi connectivity index (χ0n) is 16.4. The summed E-state index contributed by atoms with van der Waals surface area (Å²) in [6, 6.07) is -1.15. The lowest BCUT2D eigenvalue weighted by Crippen LogP contribution is -2.66. The molecule has 0 bridgehead atoms. The van der Waals surface area contributed by atoms with Gasteiger partial charge < -0.3 is 29.0 Å². The molecule has 1 amide bonds. The van der Waals surface area contributed by atoms with Gasteiger partial charge in [0.05, 0.1) is 0 Å². The van der Waals surface area contributed by atoms with Crippen LogP contribution in [0.4, 0.5) is 0 Å². The van der Waals surface area contributed by atoms with Gasteiger partial charge in [0.15, 0.2) is 12.2 Å². The summed E-state index contributed by atoms with van der Waals surface area (Å²) in [6.07, 6.45) is -4.88. The fourth-order valence-corrected chi connectivity index (χ4v) is 2.61. The second-order valence-corrected chi connectivity index (χ2v) is 6.05. The Kier molecular flexibility index (Phi) is 8.83. The monoisotopic (exact) mass is 403 g/mol. The minimum atomic E-state index is -1.37. The first-order valence-corrected chi connectivity index (χ1v) is 8.65. The summed E-state index contributed by atoms with van der Waals surface area (Å²) in [5.74, 6) is -3.24. The normalized spacial score (nSPS) is 26.5. The van der Waals surface area contributed by atoms with Crippen molar-refractivity contribution in [3.8, 4) is 0 Å². The highest BCUT2D eigenvalue weighted by atomic mass is 16.7. The topological polar surface area (TPSA) is 144 Å². The number of esters is 4. The van der Waals surface area contributed by atoms with Crippen molar-refractivity contribution in [2.75, 3.05) is 6.61 Å². The van der Waals surface area contributed by atoms with Crippen LogP contribution in [0.1, 0.15) is 41.0 Å². The number of carbonyl (C=O) groups is 5. The maximum absolute atomic E-state index is 11.9. The third kappa shape index (κ3) is 7.14. The first-order chi connectivity index (χ1) is 13.0.